The highest BCUT2D eigenvalue weighted by molar-refractivity contribution is 14.0. The van der Waals surface area contributed by atoms with Crippen LogP contribution in [0.25, 0.3) is 0 Å². The van der Waals surface area contributed by atoms with Gasteiger partial charge in [-0.05, 0) is 25.7 Å². The summed E-state index contributed by atoms with van der Waals surface area (Å²) in [5, 5.41) is 7.17. The van der Waals surface area contributed by atoms with Crippen LogP contribution >= 0.6 is 35.7 Å². The van der Waals surface area contributed by atoms with Crippen molar-refractivity contribution in [2.75, 3.05) is 58.8 Å². The van der Waals surface area contributed by atoms with Crippen molar-refractivity contribution in [2.24, 2.45) is 10.4 Å². The van der Waals surface area contributed by atoms with Gasteiger partial charge in [0.05, 0.1) is 5.41 Å². The Labute approximate surface area is 204 Å². The molecule has 0 spiro atoms. The van der Waals surface area contributed by atoms with Crippen molar-refractivity contribution < 1.29 is 4.79 Å². The predicted octanol–water partition coefficient (Wildman–Crippen LogP) is 3.17. The second-order valence-electron chi connectivity index (χ2n) is 9.35. The van der Waals surface area contributed by atoms with E-state index in [9.17, 15) is 4.79 Å². The molecular weight excluding hydrogens is 509 g/mol. The monoisotopic (exact) mass is 551 g/mol. The van der Waals surface area contributed by atoms with Gasteiger partial charge in [-0.3, -0.25) is 14.7 Å². The zero-order valence-corrected chi connectivity index (χ0v) is 22.3. The number of rotatable bonds is 6. The molecule has 1 saturated heterocycles. The van der Waals surface area contributed by atoms with E-state index >= 15 is 0 Å². The average Bonchev–Trinajstić information content (AvgIpc) is 3.24. The summed E-state index contributed by atoms with van der Waals surface area (Å²) in [7, 11) is 5.59. The number of nitrogens with zero attached hydrogens (tertiary/aromatic N) is 3. The zero-order valence-electron chi connectivity index (χ0n) is 19.2. The largest absolute Gasteiger partial charge is 0.355 e. The molecule has 30 heavy (non-hydrogen) atoms. The van der Waals surface area contributed by atoms with Crippen molar-refractivity contribution in [3.8, 4) is 0 Å². The van der Waals surface area contributed by atoms with Crippen molar-refractivity contribution in [3.05, 3.63) is 0 Å². The number of hydrogen-bond donors (Lipinski definition) is 2. The molecule has 1 amide bonds. The fourth-order valence-electron chi connectivity index (χ4n) is 5.57. The first-order chi connectivity index (χ1) is 14.0. The van der Waals surface area contributed by atoms with Crippen LogP contribution in [0.3, 0.4) is 0 Å². The number of carbonyl (C=O) groups excluding carboxylic acids is 1. The van der Waals surface area contributed by atoms with Gasteiger partial charge in [0, 0.05) is 64.4 Å². The third-order valence-electron chi connectivity index (χ3n) is 7.29. The van der Waals surface area contributed by atoms with Crippen LogP contribution in [-0.4, -0.2) is 86.0 Å². The quantitative estimate of drug-likeness (QED) is 0.302. The van der Waals surface area contributed by atoms with E-state index in [0.717, 1.165) is 38.2 Å². The maximum Gasteiger partial charge on any atom is 0.230 e. The lowest BCUT2D eigenvalue weighted by Crippen LogP contribution is -2.60. The van der Waals surface area contributed by atoms with Crippen LogP contribution in [-0.2, 0) is 4.79 Å². The Hall–Kier alpha value is -0.220. The van der Waals surface area contributed by atoms with Crippen LogP contribution in [0.2, 0.25) is 0 Å². The molecule has 2 saturated carbocycles. The summed E-state index contributed by atoms with van der Waals surface area (Å²) in [6.07, 6.45) is 10.8. The van der Waals surface area contributed by atoms with E-state index in [-0.39, 0.29) is 40.8 Å². The molecule has 0 aromatic rings. The average molecular weight is 552 g/mol. The maximum absolute atomic E-state index is 12.8. The first kappa shape index (κ1) is 26.0. The minimum Gasteiger partial charge on any atom is -0.355 e. The first-order valence-electron chi connectivity index (χ1n) is 11.5. The van der Waals surface area contributed by atoms with Crippen molar-refractivity contribution >= 4 is 47.6 Å². The summed E-state index contributed by atoms with van der Waals surface area (Å²) in [6.45, 7) is 4.04. The molecule has 3 fully saturated rings. The molecule has 0 unspecified atom stereocenters. The van der Waals surface area contributed by atoms with E-state index in [1.54, 1.807) is 4.90 Å². The Kier molecular flexibility index (Phi) is 10.5. The smallest absolute Gasteiger partial charge is 0.230 e. The van der Waals surface area contributed by atoms with E-state index in [1.165, 1.54) is 56.7 Å². The van der Waals surface area contributed by atoms with Gasteiger partial charge in [-0.25, -0.2) is 0 Å². The van der Waals surface area contributed by atoms with Gasteiger partial charge in [0.15, 0.2) is 5.96 Å². The standard InChI is InChI=1S/C22H41N5OS.HI/c1-23-20(24-17-21(9-7-8-10-21)19(28)26(2)3)25-18-22(11-5-4-6-12-22)27-13-15-29-16-14-27;/h4-18H2,1-3H3,(H2,23,24,25);1H. The Bertz CT molecular complexity index is 568. The normalized spacial score (nSPS) is 24.0. The molecule has 6 nitrogen and oxygen atoms in total. The highest BCUT2D eigenvalue weighted by Crippen LogP contribution is 2.39. The lowest BCUT2D eigenvalue weighted by molar-refractivity contribution is -0.138. The van der Waals surface area contributed by atoms with Crippen LogP contribution in [0.5, 0.6) is 0 Å². The van der Waals surface area contributed by atoms with E-state index < -0.39 is 0 Å². The van der Waals surface area contributed by atoms with Crippen molar-refractivity contribution in [1.29, 1.82) is 0 Å². The topological polar surface area (TPSA) is 60.0 Å². The van der Waals surface area contributed by atoms with Gasteiger partial charge in [-0.15, -0.1) is 24.0 Å². The van der Waals surface area contributed by atoms with E-state index in [1.807, 2.05) is 21.1 Å². The molecule has 0 aromatic carbocycles. The molecular formula is C22H42IN5OS. The summed E-state index contributed by atoms with van der Waals surface area (Å²) >= 11 is 2.08. The van der Waals surface area contributed by atoms with Crippen LogP contribution in [0.1, 0.15) is 57.8 Å². The summed E-state index contributed by atoms with van der Waals surface area (Å²) in [6, 6.07) is 0. The molecule has 1 aliphatic heterocycles. The molecule has 174 valence electrons. The molecule has 1 heterocycles. The summed E-state index contributed by atoms with van der Waals surface area (Å²) in [5.41, 5.74) is -0.00487. The Morgan fingerprint density at radius 3 is 2.10 bits per heavy atom. The Morgan fingerprint density at radius 1 is 0.967 bits per heavy atom. The number of halogens is 1. The SMILES string of the molecule is CN=C(NCC1(C(=O)N(C)C)CCCC1)NCC1(N2CCSCC2)CCCCC1.I. The van der Waals surface area contributed by atoms with Crippen LogP contribution in [0.15, 0.2) is 4.99 Å². The molecule has 8 heteroatoms. The summed E-state index contributed by atoms with van der Waals surface area (Å²) < 4.78 is 0. The molecule has 0 aromatic heterocycles. The fraction of sp³-hybridized carbons (Fsp3) is 0.909. The predicted molar refractivity (Wildman–Crippen MR) is 139 cm³/mol. The lowest BCUT2D eigenvalue weighted by Gasteiger charge is -2.48. The zero-order chi connectivity index (χ0) is 20.7. The maximum atomic E-state index is 12.8. The van der Waals surface area contributed by atoms with Crippen molar-refractivity contribution in [1.82, 2.24) is 20.4 Å². The van der Waals surface area contributed by atoms with Gasteiger partial charge < -0.3 is 15.5 Å². The minimum absolute atomic E-state index is 0. The molecule has 0 radical (unpaired) electrons. The van der Waals surface area contributed by atoms with E-state index in [0.29, 0.717) is 6.54 Å². The number of aliphatic imine (C=N–C) groups is 1. The van der Waals surface area contributed by atoms with Crippen LogP contribution in [0.4, 0.5) is 0 Å². The van der Waals surface area contributed by atoms with Gasteiger partial charge in [-0.2, -0.15) is 11.8 Å². The van der Waals surface area contributed by atoms with Crippen LogP contribution in [0, 0.1) is 5.41 Å². The van der Waals surface area contributed by atoms with Crippen molar-refractivity contribution in [3.63, 3.8) is 0 Å². The number of nitrogens with one attached hydrogen (secondary N) is 2. The van der Waals surface area contributed by atoms with Gasteiger partial charge in [-0.1, -0.05) is 32.1 Å². The highest BCUT2D eigenvalue weighted by atomic mass is 127. The lowest BCUT2D eigenvalue weighted by atomic mass is 9.80. The highest BCUT2D eigenvalue weighted by Gasteiger charge is 2.42. The van der Waals surface area contributed by atoms with Gasteiger partial charge in [0.2, 0.25) is 5.91 Å². The van der Waals surface area contributed by atoms with E-state index in [2.05, 4.69) is 32.3 Å². The van der Waals surface area contributed by atoms with Crippen molar-refractivity contribution in [2.45, 2.75) is 63.3 Å². The Balaban J connectivity index is 0.00000320. The second kappa shape index (κ2) is 12.1. The third-order valence-corrected chi connectivity index (χ3v) is 8.23. The number of hydrogen-bond acceptors (Lipinski definition) is 4. The molecule has 2 N–H and O–H groups in total. The molecule has 0 atom stereocenters. The Morgan fingerprint density at radius 2 is 1.53 bits per heavy atom. The molecule has 3 aliphatic rings. The number of amides is 1. The van der Waals surface area contributed by atoms with Gasteiger partial charge >= 0.3 is 0 Å². The third kappa shape index (κ3) is 6.18. The minimum atomic E-state index is -0.270. The number of guanidine groups is 1. The number of carbonyl (C=O) groups is 1. The fourth-order valence-corrected chi connectivity index (χ4v) is 6.47. The molecule has 2 aliphatic carbocycles. The van der Waals surface area contributed by atoms with Gasteiger partial charge in [0.25, 0.3) is 0 Å². The summed E-state index contributed by atoms with van der Waals surface area (Å²) in [5.74, 6) is 3.61. The molecule has 0 bridgehead atoms. The first-order valence-corrected chi connectivity index (χ1v) is 12.7. The number of thioether (sulfide) groups is 1. The van der Waals surface area contributed by atoms with E-state index in [4.69, 9.17) is 0 Å². The molecule has 3 rings (SSSR count). The van der Waals surface area contributed by atoms with Crippen LogP contribution < -0.4 is 10.6 Å². The second-order valence-corrected chi connectivity index (χ2v) is 10.6. The summed E-state index contributed by atoms with van der Waals surface area (Å²) in [4.78, 5) is 21.8. The van der Waals surface area contributed by atoms with Gasteiger partial charge in [0.1, 0.15) is 0 Å².